The molecular formula is C24H33LiO4P+. The second-order valence-electron chi connectivity index (χ2n) is 8.02. The second-order valence-corrected chi connectivity index (χ2v) is 9.22. The van der Waals surface area contributed by atoms with Crippen molar-refractivity contribution < 1.29 is 37.9 Å². The number of carbonyl (C=O) groups is 1. The van der Waals surface area contributed by atoms with E-state index in [1.54, 1.807) is 0 Å². The van der Waals surface area contributed by atoms with Gasteiger partial charge in [0.2, 0.25) is 0 Å². The zero-order valence-corrected chi connectivity index (χ0v) is 20.8. The van der Waals surface area contributed by atoms with Crippen LogP contribution in [0.1, 0.15) is 63.0 Å². The maximum atomic E-state index is 13.3. The smallest absolute Gasteiger partial charge is 0.491 e. The Morgan fingerprint density at radius 2 is 1.23 bits per heavy atom. The first-order chi connectivity index (χ1) is 13.6. The zero-order valence-electron chi connectivity index (χ0n) is 19.8. The van der Waals surface area contributed by atoms with Crippen molar-refractivity contribution in [3.63, 3.8) is 0 Å². The molecule has 4 nitrogen and oxygen atoms in total. The van der Waals surface area contributed by atoms with E-state index in [-0.39, 0.29) is 51.3 Å². The Balaban J connectivity index is 0.00000450. The minimum absolute atomic E-state index is 0. The molecule has 0 N–H and O–H groups in total. The number of aryl methyl sites for hydroxylation is 2. The predicted octanol–water partition coefficient (Wildman–Crippen LogP) is 2.81. The van der Waals surface area contributed by atoms with Crippen LogP contribution in [0.3, 0.4) is 0 Å². The first-order valence-corrected chi connectivity index (χ1v) is 11.1. The molecule has 1 atom stereocenters. The standard InChI is InChI=1S/C24H33O4P.Li/c1-14(2)26-19-12-20(27-15(3)4)23(21(13-19)28-16(5)6)29-24(25)22-17(7)10-9-11-18(22)8;/h9-16,29H,1-8H3;/q;+1. The molecule has 0 fully saturated rings. The molecule has 0 bridgehead atoms. The van der Waals surface area contributed by atoms with Crippen LogP contribution in [0.5, 0.6) is 17.2 Å². The monoisotopic (exact) mass is 423 g/mol. The van der Waals surface area contributed by atoms with Gasteiger partial charge < -0.3 is 14.2 Å². The van der Waals surface area contributed by atoms with Gasteiger partial charge in [0.05, 0.1) is 23.6 Å². The van der Waals surface area contributed by atoms with Gasteiger partial charge in [0.15, 0.2) is 5.52 Å². The van der Waals surface area contributed by atoms with Gasteiger partial charge in [0, 0.05) is 17.7 Å². The van der Waals surface area contributed by atoms with Gasteiger partial charge in [-0.25, -0.2) is 0 Å². The van der Waals surface area contributed by atoms with E-state index in [1.807, 2.05) is 85.7 Å². The average Bonchev–Trinajstić information content (AvgIpc) is 2.56. The Morgan fingerprint density at radius 3 is 1.63 bits per heavy atom. The second kappa shape index (κ2) is 11.8. The summed E-state index contributed by atoms with van der Waals surface area (Å²) in [7, 11) is -0.107. The van der Waals surface area contributed by atoms with Gasteiger partial charge >= 0.3 is 18.9 Å². The summed E-state index contributed by atoms with van der Waals surface area (Å²) in [5.74, 6) is 1.97. The Kier molecular flexibility index (Phi) is 10.5. The molecule has 0 saturated heterocycles. The molecule has 0 saturated carbocycles. The molecule has 2 aromatic rings. The third-order valence-corrected chi connectivity index (χ3v) is 5.30. The van der Waals surface area contributed by atoms with Crippen LogP contribution in [-0.4, -0.2) is 23.8 Å². The van der Waals surface area contributed by atoms with Gasteiger partial charge in [-0.1, -0.05) is 18.2 Å². The van der Waals surface area contributed by atoms with E-state index >= 15 is 0 Å². The molecule has 0 aromatic heterocycles. The fraction of sp³-hybridized carbons (Fsp3) is 0.458. The van der Waals surface area contributed by atoms with Crippen LogP contribution in [0, 0.1) is 13.8 Å². The molecule has 1 unspecified atom stereocenters. The van der Waals surface area contributed by atoms with Gasteiger partial charge in [0.25, 0.3) is 0 Å². The number of benzene rings is 2. The maximum Gasteiger partial charge on any atom is 1.00 e. The van der Waals surface area contributed by atoms with Crippen molar-refractivity contribution in [2.75, 3.05) is 0 Å². The third-order valence-electron chi connectivity index (χ3n) is 4.08. The fourth-order valence-corrected chi connectivity index (χ4v) is 4.33. The predicted molar refractivity (Wildman–Crippen MR) is 122 cm³/mol. The molecular weight excluding hydrogens is 390 g/mol. The molecule has 158 valence electrons. The first-order valence-electron chi connectivity index (χ1n) is 10.1. The van der Waals surface area contributed by atoms with E-state index in [4.69, 9.17) is 14.2 Å². The first kappa shape index (κ1) is 26.6. The van der Waals surface area contributed by atoms with Crippen LogP contribution in [0.15, 0.2) is 30.3 Å². The number of ether oxygens (including phenoxy) is 3. The topological polar surface area (TPSA) is 44.8 Å². The Labute approximate surface area is 195 Å². The number of carbonyl (C=O) groups excluding carboxylic acids is 1. The molecule has 2 aromatic carbocycles. The van der Waals surface area contributed by atoms with Gasteiger partial charge in [-0.2, -0.15) is 0 Å². The summed E-state index contributed by atoms with van der Waals surface area (Å²) < 4.78 is 18.1. The van der Waals surface area contributed by atoms with Gasteiger partial charge in [-0.15, -0.1) is 0 Å². The molecule has 0 spiro atoms. The maximum absolute atomic E-state index is 13.3. The van der Waals surface area contributed by atoms with E-state index in [0.717, 1.165) is 22.0 Å². The molecule has 0 amide bonds. The summed E-state index contributed by atoms with van der Waals surface area (Å²) in [4.78, 5) is 13.3. The third kappa shape index (κ3) is 7.35. The normalized spacial score (nSPS) is 11.3. The van der Waals surface area contributed by atoms with Crippen molar-refractivity contribution in [1.82, 2.24) is 0 Å². The van der Waals surface area contributed by atoms with Crippen LogP contribution >= 0.6 is 8.58 Å². The van der Waals surface area contributed by atoms with Crippen molar-refractivity contribution in [2.45, 2.75) is 73.7 Å². The number of hydrogen-bond donors (Lipinski definition) is 0. The summed E-state index contributed by atoms with van der Waals surface area (Å²) in [5, 5.41) is 0.788. The minimum Gasteiger partial charge on any atom is -0.491 e. The van der Waals surface area contributed by atoms with Crippen LogP contribution in [0.4, 0.5) is 0 Å². The molecule has 6 heteroatoms. The van der Waals surface area contributed by atoms with Crippen LogP contribution < -0.4 is 38.4 Å². The molecule has 0 radical (unpaired) electrons. The van der Waals surface area contributed by atoms with Crippen molar-refractivity contribution >= 4 is 19.4 Å². The molecule has 30 heavy (non-hydrogen) atoms. The molecule has 0 aliphatic carbocycles. The van der Waals surface area contributed by atoms with Crippen LogP contribution in [-0.2, 0) is 0 Å². The Hall–Kier alpha value is -1.46. The van der Waals surface area contributed by atoms with Crippen molar-refractivity contribution in [2.24, 2.45) is 0 Å². The average molecular weight is 423 g/mol. The largest absolute Gasteiger partial charge is 1.00 e. The van der Waals surface area contributed by atoms with E-state index in [0.29, 0.717) is 17.2 Å². The summed E-state index contributed by atoms with van der Waals surface area (Å²) in [6, 6.07) is 9.66. The summed E-state index contributed by atoms with van der Waals surface area (Å²) in [6.45, 7) is 15.8. The number of hydrogen-bond acceptors (Lipinski definition) is 4. The Bertz CT molecular complexity index is 811. The summed E-state index contributed by atoms with van der Waals surface area (Å²) >= 11 is 0. The van der Waals surface area contributed by atoms with Gasteiger partial charge in [-0.3, -0.25) is 4.79 Å². The van der Waals surface area contributed by atoms with Crippen molar-refractivity contribution in [3.8, 4) is 17.2 Å². The number of rotatable bonds is 9. The van der Waals surface area contributed by atoms with Crippen molar-refractivity contribution in [3.05, 3.63) is 47.0 Å². The fourth-order valence-electron chi connectivity index (χ4n) is 3.07. The minimum atomic E-state index is -0.107. The molecule has 0 aliphatic rings. The van der Waals surface area contributed by atoms with Gasteiger partial charge in [0.1, 0.15) is 17.2 Å². The van der Waals surface area contributed by atoms with Crippen LogP contribution in [0.2, 0.25) is 0 Å². The zero-order chi connectivity index (χ0) is 21.7. The molecule has 2 rings (SSSR count). The van der Waals surface area contributed by atoms with E-state index in [1.165, 1.54) is 0 Å². The summed E-state index contributed by atoms with van der Waals surface area (Å²) in [5.41, 5.74) is 2.83. The van der Waals surface area contributed by atoms with Crippen molar-refractivity contribution in [1.29, 1.82) is 0 Å². The molecule has 0 aliphatic heterocycles. The SMILES string of the molecule is Cc1cccc(C)c1C(=O)Pc1c(OC(C)C)cc(OC(C)C)cc1OC(C)C.[Li+]. The summed E-state index contributed by atoms with van der Waals surface area (Å²) in [6.07, 6.45) is -0.0385. The van der Waals surface area contributed by atoms with E-state index in [9.17, 15) is 4.79 Å². The quantitative estimate of drug-likeness (QED) is 0.460. The van der Waals surface area contributed by atoms with E-state index < -0.39 is 0 Å². The van der Waals surface area contributed by atoms with E-state index in [2.05, 4.69) is 0 Å². The van der Waals surface area contributed by atoms with Gasteiger partial charge in [-0.05, 0) is 75.1 Å². The Morgan fingerprint density at radius 1 is 0.800 bits per heavy atom. The molecule has 0 heterocycles. The van der Waals surface area contributed by atoms with Crippen LogP contribution in [0.25, 0.3) is 0 Å².